The van der Waals surface area contributed by atoms with Gasteiger partial charge in [0.15, 0.2) is 27.8 Å². The molecule has 218 valence electrons. The Bertz CT molecular complexity index is 1670. The number of fused-ring (bicyclic) bond motifs is 1. The summed E-state index contributed by atoms with van der Waals surface area (Å²) in [7, 11) is 6.11. The Balaban J connectivity index is 2.00. The lowest BCUT2D eigenvalue weighted by Crippen LogP contribution is -2.40. The van der Waals surface area contributed by atoms with Crippen LogP contribution in [0.3, 0.4) is 0 Å². The normalized spacial score (nSPS) is 14.7. The highest BCUT2D eigenvalue weighted by atomic mass is 79.9. The first-order valence-electron chi connectivity index (χ1n) is 12.7. The van der Waals surface area contributed by atoms with E-state index in [9.17, 15) is 9.59 Å². The minimum atomic E-state index is -0.841. The van der Waals surface area contributed by atoms with Gasteiger partial charge in [0.1, 0.15) is 0 Å². The maximum absolute atomic E-state index is 14.1. The molecule has 0 bridgehead atoms. The number of carbonyl (C=O) groups is 1. The molecule has 0 saturated heterocycles. The van der Waals surface area contributed by atoms with Crippen LogP contribution in [-0.4, -0.2) is 52.2 Å². The van der Waals surface area contributed by atoms with E-state index in [0.29, 0.717) is 66.0 Å². The minimum Gasteiger partial charge on any atom is -0.493 e. The fourth-order valence-electron chi connectivity index (χ4n) is 4.61. The number of rotatable bonds is 10. The number of benzene rings is 2. The summed E-state index contributed by atoms with van der Waals surface area (Å²) in [5, 5.41) is 0. The largest absolute Gasteiger partial charge is 0.493 e. The SMILES string of the molecule is CCOC(=O)C1=C(C)N=c2s/c(=C/c3cc(OC)c(OC)c(OC)c3)c(=O)n2[C@@H]1c1cc(OC)c(OCC)cc1Br. The van der Waals surface area contributed by atoms with Gasteiger partial charge in [0.05, 0.1) is 63.5 Å². The summed E-state index contributed by atoms with van der Waals surface area (Å²) < 4.78 is 35.6. The van der Waals surface area contributed by atoms with Crippen LogP contribution in [0.25, 0.3) is 6.08 Å². The molecule has 10 nitrogen and oxygen atoms in total. The van der Waals surface area contributed by atoms with Crippen molar-refractivity contribution in [1.29, 1.82) is 0 Å². The molecule has 2 heterocycles. The standard InChI is InChI=1S/C29H31BrN2O8S/c1-8-39-20-14-18(30)17(13-19(20)35-4)25-24(28(34)40-9-2)15(3)31-29-32(25)27(33)23(41-29)12-16-10-21(36-5)26(38-7)22(11-16)37-6/h10-14,25H,8-9H2,1-7H3/b23-12+/t25-/m1/s1. The number of hydrogen-bond donors (Lipinski definition) is 0. The molecule has 0 aliphatic carbocycles. The topological polar surface area (TPSA) is 107 Å². The molecule has 1 aromatic heterocycles. The summed E-state index contributed by atoms with van der Waals surface area (Å²) in [6.45, 7) is 5.94. The third-order valence-corrected chi connectivity index (χ3v) is 8.05. The van der Waals surface area contributed by atoms with Crippen LogP contribution in [0.2, 0.25) is 0 Å². The number of halogens is 1. The van der Waals surface area contributed by atoms with Crippen molar-refractivity contribution in [2.75, 3.05) is 41.7 Å². The van der Waals surface area contributed by atoms with Gasteiger partial charge in [-0.3, -0.25) is 9.36 Å². The number of nitrogens with zero attached hydrogens (tertiary/aromatic N) is 2. The monoisotopic (exact) mass is 646 g/mol. The molecule has 0 unspecified atom stereocenters. The molecule has 0 fully saturated rings. The van der Waals surface area contributed by atoms with E-state index in [-0.39, 0.29) is 17.7 Å². The number of allylic oxidation sites excluding steroid dienone is 1. The summed E-state index contributed by atoms with van der Waals surface area (Å²) in [6.07, 6.45) is 1.72. The molecular weight excluding hydrogens is 616 g/mol. The fourth-order valence-corrected chi connectivity index (χ4v) is 6.20. The van der Waals surface area contributed by atoms with Crippen LogP contribution in [0.4, 0.5) is 0 Å². The zero-order chi connectivity index (χ0) is 29.8. The molecule has 2 aromatic carbocycles. The first-order valence-corrected chi connectivity index (χ1v) is 14.3. The lowest BCUT2D eigenvalue weighted by atomic mass is 9.95. The van der Waals surface area contributed by atoms with Crippen molar-refractivity contribution < 1.29 is 33.2 Å². The van der Waals surface area contributed by atoms with Crippen LogP contribution in [0.15, 0.2) is 49.8 Å². The number of esters is 1. The molecule has 12 heteroatoms. The zero-order valence-corrected chi connectivity index (χ0v) is 26.2. The van der Waals surface area contributed by atoms with Gasteiger partial charge in [0, 0.05) is 4.47 Å². The molecule has 0 spiro atoms. The Morgan fingerprint density at radius 1 is 0.976 bits per heavy atom. The maximum Gasteiger partial charge on any atom is 0.338 e. The van der Waals surface area contributed by atoms with Crippen LogP contribution >= 0.6 is 27.3 Å². The van der Waals surface area contributed by atoms with Gasteiger partial charge in [-0.15, -0.1) is 0 Å². The molecule has 0 amide bonds. The average Bonchev–Trinajstić information content (AvgIpc) is 3.26. The lowest BCUT2D eigenvalue weighted by Gasteiger charge is -2.26. The number of aromatic nitrogens is 1. The van der Waals surface area contributed by atoms with Gasteiger partial charge in [-0.05, 0) is 62.2 Å². The van der Waals surface area contributed by atoms with Crippen molar-refractivity contribution in [1.82, 2.24) is 4.57 Å². The number of carbonyl (C=O) groups excluding carboxylic acids is 1. The summed E-state index contributed by atoms with van der Waals surface area (Å²) in [5.74, 6) is 1.78. The highest BCUT2D eigenvalue weighted by molar-refractivity contribution is 9.10. The molecule has 1 aliphatic heterocycles. The molecule has 1 aliphatic rings. The quantitative estimate of drug-likeness (QED) is 0.304. The molecule has 4 rings (SSSR count). The predicted octanol–water partition coefficient (Wildman–Crippen LogP) is 3.99. The van der Waals surface area contributed by atoms with E-state index in [0.717, 1.165) is 0 Å². The molecule has 0 N–H and O–H groups in total. The van der Waals surface area contributed by atoms with E-state index in [1.165, 1.54) is 44.3 Å². The van der Waals surface area contributed by atoms with Crippen molar-refractivity contribution in [2.24, 2.45) is 4.99 Å². The number of methoxy groups -OCH3 is 4. The Kier molecular flexibility index (Phi) is 9.44. The molecule has 0 radical (unpaired) electrons. The number of thiazole rings is 1. The van der Waals surface area contributed by atoms with Crippen molar-refractivity contribution in [3.05, 3.63) is 70.8 Å². The van der Waals surface area contributed by atoms with Gasteiger partial charge in [0.25, 0.3) is 5.56 Å². The van der Waals surface area contributed by atoms with E-state index in [1.54, 1.807) is 44.2 Å². The van der Waals surface area contributed by atoms with E-state index < -0.39 is 12.0 Å². The van der Waals surface area contributed by atoms with Crippen LogP contribution in [0, 0.1) is 0 Å². The third kappa shape index (κ3) is 5.71. The first kappa shape index (κ1) is 30.2. The predicted molar refractivity (Wildman–Crippen MR) is 158 cm³/mol. The Hall–Kier alpha value is -3.77. The minimum absolute atomic E-state index is 0.168. The van der Waals surface area contributed by atoms with Gasteiger partial charge in [-0.25, -0.2) is 9.79 Å². The van der Waals surface area contributed by atoms with E-state index in [4.69, 9.17) is 28.4 Å². The van der Waals surface area contributed by atoms with Crippen molar-refractivity contribution in [3.8, 4) is 28.7 Å². The molecule has 41 heavy (non-hydrogen) atoms. The Labute approximate surface area is 249 Å². The van der Waals surface area contributed by atoms with Crippen LogP contribution in [0.1, 0.15) is 37.9 Å². The Morgan fingerprint density at radius 2 is 1.63 bits per heavy atom. The fraction of sp³-hybridized carbons (Fsp3) is 0.345. The first-order chi connectivity index (χ1) is 19.7. The second-order valence-corrected chi connectivity index (χ2v) is 10.6. The molecule has 1 atom stereocenters. The molecule has 0 saturated carbocycles. The van der Waals surface area contributed by atoms with Gasteiger partial charge in [-0.2, -0.15) is 0 Å². The highest BCUT2D eigenvalue weighted by Crippen LogP contribution is 2.41. The van der Waals surface area contributed by atoms with Crippen LogP contribution in [-0.2, 0) is 9.53 Å². The summed E-state index contributed by atoms with van der Waals surface area (Å²) in [5.41, 5.74) is 1.65. The van der Waals surface area contributed by atoms with Gasteiger partial charge in [0.2, 0.25) is 5.75 Å². The van der Waals surface area contributed by atoms with Crippen molar-refractivity contribution in [3.63, 3.8) is 0 Å². The maximum atomic E-state index is 14.1. The second kappa shape index (κ2) is 12.8. The van der Waals surface area contributed by atoms with E-state index >= 15 is 0 Å². The van der Waals surface area contributed by atoms with Crippen LogP contribution in [0.5, 0.6) is 28.7 Å². The number of ether oxygens (including phenoxy) is 6. The average molecular weight is 648 g/mol. The highest BCUT2D eigenvalue weighted by Gasteiger charge is 2.35. The smallest absolute Gasteiger partial charge is 0.338 e. The van der Waals surface area contributed by atoms with Gasteiger partial charge in [-0.1, -0.05) is 27.3 Å². The van der Waals surface area contributed by atoms with Crippen molar-refractivity contribution >= 4 is 39.3 Å². The van der Waals surface area contributed by atoms with E-state index in [1.807, 2.05) is 6.92 Å². The lowest BCUT2D eigenvalue weighted by molar-refractivity contribution is -0.139. The number of hydrogen-bond acceptors (Lipinski definition) is 10. The third-order valence-electron chi connectivity index (χ3n) is 6.38. The molecular formula is C29H31BrN2O8S. The summed E-state index contributed by atoms with van der Waals surface area (Å²) in [4.78, 5) is 32.4. The van der Waals surface area contributed by atoms with Crippen molar-refractivity contribution in [2.45, 2.75) is 26.8 Å². The Morgan fingerprint density at radius 3 is 2.20 bits per heavy atom. The second-order valence-electron chi connectivity index (χ2n) is 8.72. The summed E-state index contributed by atoms with van der Waals surface area (Å²) >= 11 is 4.84. The van der Waals surface area contributed by atoms with Gasteiger partial charge >= 0.3 is 5.97 Å². The summed E-state index contributed by atoms with van der Waals surface area (Å²) in [6, 6.07) is 6.18. The van der Waals surface area contributed by atoms with Crippen LogP contribution < -0.4 is 38.6 Å². The molecule has 3 aromatic rings. The van der Waals surface area contributed by atoms with Gasteiger partial charge < -0.3 is 28.4 Å². The van der Waals surface area contributed by atoms with E-state index in [2.05, 4.69) is 20.9 Å². The zero-order valence-electron chi connectivity index (χ0n) is 23.8.